The fraction of sp³-hybridized carbons (Fsp3) is 0.214. The number of hydrogen-bond acceptors (Lipinski definition) is 3. The minimum absolute atomic E-state index is 0.0634. The highest BCUT2D eigenvalue weighted by atomic mass is 19.4. The summed E-state index contributed by atoms with van der Waals surface area (Å²) in [6, 6.07) is 2.00. The van der Waals surface area contributed by atoms with Crippen LogP contribution in [0.5, 0.6) is 11.5 Å². The summed E-state index contributed by atoms with van der Waals surface area (Å²) in [5.41, 5.74) is 3.79. The second-order valence-corrected chi connectivity index (χ2v) is 4.59. The molecule has 0 saturated heterocycles. The van der Waals surface area contributed by atoms with E-state index < -0.39 is 23.5 Å². The number of benzene rings is 1. The van der Waals surface area contributed by atoms with E-state index in [-0.39, 0.29) is 28.3 Å². The molecule has 0 unspecified atom stereocenters. The molecule has 3 nitrogen and oxygen atoms in total. The van der Waals surface area contributed by atoms with Gasteiger partial charge in [-0.3, -0.25) is 0 Å². The summed E-state index contributed by atoms with van der Waals surface area (Å²) in [7, 11) is 0. The quantitative estimate of drug-likeness (QED) is 0.837. The highest BCUT2D eigenvalue weighted by Crippen LogP contribution is 2.38. The molecule has 118 valence electrons. The summed E-state index contributed by atoms with van der Waals surface area (Å²) in [4.78, 5) is 3.28. The van der Waals surface area contributed by atoms with E-state index >= 15 is 0 Å². The first-order valence-corrected chi connectivity index (χ1v) is 6.07. The number of ether oxygens (including phenoxy) is 1. The van der Waals surface area contributed by atoms with Crippen LogP contribution in [0.15, 0.2) is 18.3 Å². The standard InChI is InChI=1S/C14H11F5N2O/c1-6-9(4-3-8(15)11(6)16)22-10-5-21-13(14(17,18)19)7(2)12(10)20/h3-5H,1-2H3,(H2,20,21). The van der Waals surface area contributed by atoms with Crippen molar-refractivity contribution >= 4 is 5.69 Å². The zero-order valence-electron chi connectivity index (χ0n) is 11.6. The first kappa shape index (κ1) is 16.0. The molecule has 0 spiro atoms. The van der Waals surface area contributed by atoms with Crippen molar-refractivity contribution in [2.24, 2.45) is 0 Å². The van der Waals surface area contributed by atoms with E-state index in [0.29, 0.717) is 0 Å². The Bertz CT molecular complexity index is 728. The number of anilines is 1. The van der Waals surface area contributed by atoms with Crippen LogP contribution in [0.1, 0.15) is 16.8 Å². The second-order valence-electron chi connectivity index (χ2n) is 4.59. The van der Waals surface area contributed by atoms with Crippen LogP contribution >= 0.6 is 0 Å². The zero-order valence-corrected chi connectivity index (χ0v) is 11.6. The third kappa shape index (κ3) is 2.81. The number of pyridine rings is 1. The molecule has 8 heteroatoms. The van der Waals surface area contributed by atoms with Gasteiger partial charge in [-0.1, -0.05) is 0 Å². The van der Waals surface area contributed by atoms with Crippen molar-refractivity contribution in [1.29, 1.82) is 0 Å². The van der Waals surface area contributed by atoms with E-state index in [1.54, 1.807) is 0 Å². The third-order valence-corrected chi connectivity index (χ3v) is 3.11. The molecule has 2 rings (SSSR count). The molecule has 22 heavy (non-hydrogen) atoms. The van der Waals surface area contributed by atoms with Crippen LogP contribution in [0, 0.1) is 25.5 Å². The summed E-state index contributed by atoms with van der Waals surface area (Å²) in [6.45, 7) is 2.42. The van der Waals surface area contributed by atoms with E-state index in [0.717, 1.165) is 25.3 Å². The lowest BCUT2D eigenvalue weighted by molar-refractivity contribution is -0.141. The summed E-state index contributed by atoms with van der Waals surface area (Å²) in [5.74, 6) is -2.39. The minimum Gasteiger partial charge on any atom is -0.453 e. The van der Waals surface area contributed by atoms with Gasteiger partial charge in [-0.15, -0.1) is 0 Å². The maximum absolute atomic E-state index is 13.4. The first-order valence-electron chi connectivity index (χ1n) is 6.07. The Labute approximate surface area is 122 Å². The Kier molecular flexibility index (Phi) is 3.95. The van der Waals surface area contributed by atoms with Gasteiger partial charge in [0.2, 0.25) is 0 Å². The van der Waals surface area contributed by atoms with Crippen molar-refractivity contribution in [3.05, 3.63) is 46.8 Å². The maximum atomic E-state index is 13.4. The molecule has 0 amide bonds. The van der Waals surface area contributed by atoms with E-state index in [9.17, 15) is 22.0 Å². The molecule has 0 aliphatic carbocycles. The van der Waals surface area contributed by atoms with E-state index in [2.05, 4.69) is 4.98 Å². The van der Waals surface area contributed by atoms with Gasteiger partial charge in [0.05, 0.1) is 11.9 Å². The van der Waals surface area contributed by atoms with Gasteiger partial charge >= 0.3 is 6.18 Å². The smallest absolute Gasteiger partial charge is 0.433 e. The topological polar surface area (TPSA) is 48.1 Å². The molecule has 1 heterocycles. The predicted molar refractivity (Wildman–Crippen MR) is 69.6 cm³/mol. The third-order valence-electron chi connectivity index (χ3n) is 3.11. The number of hydrogen-bond donors (Lipinski definition) is 1. The second kappa shape index (κ2) is 5.43. The van der Waals surface area contributed by atoms with Gasteiger partial charge < -0.3 is 10.5 Å². The van der Waals surface area contributed by atoms with Crippen molar-refractivity contribution in [1.82, 2.24) is 4.98 Å². The van der Waals surface area contributed by atoms with Gasteiger partial charge in [-0.2, -0.15) is 13.2 Å². The largest absolute Gasteiger partial charge is 0.453 e. The Hall–Kier alpha value is -2.38. The van der Waals surface area contributed by atoms with Gasteiger partial charge in [0.15, 0.2) is 17.4 Å². The predicted octanol–water partition coefficient (Wildman–Crippen LogP) is 4.37. The molecule has 0 bridgehead atoms. The van der Waals surface area contributed by atoms with Crippen LogP contribution in [0.4, 0.5) is 27.6 Å². The molecule has 1 aromatic heterocycles. The van der Waals surface area contributed by atoms with E-state index in [1.165, 1.54) is 6.92 Å². The van der Waals surface area contributed by atoms with Gasteiger partial charge in [0.1, 0.15) is 11.4 Å². The number of rotatable bonds is 2. The lowest BCUT2D eigenvalue weighted by atomic mass is 10.1. The molecule has 2 N–H and O–H groups in total. The molecule has 1 aromatic carbocycles. The SMILES string of the molecule is Cc1c(C(F)(F)F)ncc(Oc2ccc(F)c(F)c2C)c1N. The summed E-state index contributed by atoms with van der Waals surface area (Å²) in [6.07, 6.45) is -3.85. The van der Waals surface area contributed by atoms with E-state index in [4.69, 9.17) is 10.5 Å². The fourth-order valence-corrected chi connectivity index (χ4v) is 1.83. The van der Waals surface area contributed by atoms with Crippen molar-refractivity contribution in [3.8, 4) is 11.5 Å². The van der Waals surface area contributed by atoms with Crippen LogP contribution in [0.25, 0.3) is 0 Å². The molecule has 0 fully saturated rings. The summed E-state index contributed by atoms with van der Waals surface area (Å²) >= 11 is 0. The van der Waals surface area contributed by atoms with Crippen LogP contribution in [-0.2, 0) is 6.18 Å². The van der Waals surface area contributed by atoms with Crippen LogP contribution < -0.4 is 10.5 Å². The lowest BCUT2D eigenvalue weighted by Crippen LogP contribution is -2.12. The molecule has 0 radical (unpaired) electrons. The van der Waals surface area contributed by atoms with Gasteiger partial charge in [0.25, 0.3) is 0 Å². The lowest BCUT2D eigenvalue weighted by Gasteiger charge is -2.15. The van der Waals surface area contributed by atoms with E-state index in [1.807, 2.05) is 0 Å². The Morgan fingerprint density at radius 3 is 2.27 bits per heavy atom. The molecular formula is C14H11F5N2O. The molecule has 0 aliphatic heterocycles. The van der Waals surface area contributed by atoms with Crippen molar-refractivity contribution in [3.63, 3.8) is 0 Å². The number of aromatic nitrogens is 1. The summed E-state index contributed by atoms with van der Waals surface area (Å²) < 4.78 is 69.8. The fourth-order valence-electron chi connectivity index (χ4n) is 1.83. The highest BCUT2D eigenvalue weighted by molar-refractivity contribution is 5.60. The summed E-state index contributed by atoms with van der Waals surface area (Å²) in [5, 5.41) is 0. The Balaban J connectivity index is 2.44. The number of nitrogens with zero attached hydrogens (tertiary/aromatic N) is 1. The maximum Gasteiger partial charge on any atom is 0.433 e. The van der Waals surface area contributed by atoms with Crippen molar-refractivity contribution in [2.45, 2.75) is 20.0 Å². The Morgan fingerprint density at radius 2 is 1.68 bits per heavy atom. The van der Waals surface area contributed by atoms with Crippen LogP contribution in [0.2, 0.25) is 0 Å². The number of halogens is 5. The van der Waals surface area contributed by atoms with Gasteiger partial charge in [-0.25, -0.2) is 13.8 Å². The van der Waals surface area contributed by atoms with Gasteiger partial charge in [0, 0.05) is 11.1 Å². The molecule has 0 atom stereocenters. The number of nitrogen functional groups attached to an aromatic ring is 1. The van der Waals surface area contributed by atoms with Crippen molar-refractivity contribution in [2.75, 3.05) is 5.73 Å². The molecular weight excluding hydrogens is 307 g/mol. The number of alkyl halides is 3. The average molecular weight is 318 g/mol. The minimum atomic E-state index is -4.64. The van der Waals surface area contributed by atoms with Crippen molar-refractivity contribution < 1.29 is 26.7 Å². The van der Waals surface area contributed by atoms with Crippen LogP contribution in [-0.4, -0.2) is 4.98 Å². The average Bonchev–Trinajstić information content (AvgIpc) is 2.43. The molecule has 0 saturated carbocycles. The Morgan fingerprint density at radius 1 is 1.05 bits per heavy atom. The zero-order chi connectivity index (χ0) is 16.7. The van der Waals surface area contributed by atoms with Gasteiger partial charge in [-0.05, 0) is 26.0 Å². The molecule has 0 aliphatic rings. The number of nitrogens with two attached hydrogens (primary N) is 1. The monoisotopic (exact) mass is 318 g/mol. The van der Waals surface area contributed by atoms with Crippen LogP contribution in [0.3, 0.4) is 0 Å². The highest BCUT2D eigenvalue weighted by Gasteiger charge is 2.35. The first-order chi connectivity index (χ1) is 10.1. The normalized spacial score (nSPS) is 11.6. The molecule has 2 aromatic rings.